The van der Waals surface area contributed by atoms with Crippen LogP contribution in [0.1, 0.15) is 21.9 Å². The highest BCUT2D eigenvalue weighted by Crippen LogP contribution is 2.29. The van der Waals surface area contributed by atoms with Gasteiger partial charge < -0.3 is 9.64 Å². The third-order valence-electron chi connectivity index (χ3n) is 6.10. The van der Waals surface area contributed by atoms with E-state index in [0.29, 0.717) is 43.1 Å². The zero-order valence-corrected chi connectivity index (χ0v) is 21.1. The van der Waals surface area contributed by atoms with Crippen LogP contribution >= 0.6 is 11.3 Å². The van der Waals surface area contributed by atoms with E-state index in [-0.39, 0.29) is 18.7 Å². The molecule has 9 nitrogen and oxygen atoms in total. The molecule has 1 aliphatic heterocycles. The van der Waals surface area contributed by atoms with Gasteiger partial charge in [-0.2, -0.15) is 18.3 Å². The van der Waals surface area contributed by atoms with Crippen molar-refractivity contribution in [2.24, 2.45) is 0 Å². The van der Waals surface area contributed by atoms with Gasteiger partial charge in [0.05, 0.1) is 18.7 Å². The van der Waals surface area contributed by atoms with Crippen molar-refractivity contribution in [2.75, 3.05) is 37.6 Å². The first-order valence-electron chi connectivity index (χ1n) is 11.8. The first kappa shape index (κ1) is 25.8. The van der Waals surface area contributed by atoms with Crippen molar-refractivity contribution in [2.45, 2.75) is 19.5 Å². The number of hydrogen-bond donors (Lipinski definition) is 0. The molecule has 1 saturated heterocycles. The monoisotopic (exact) mass is 544 g/mol. The number of thiazole rings is 1. The van der Waals surface area contributed by atoms with Crippen LogP contribution in [0.15, 0.2) is 48.0 Å². The summed E-state index contributed by atoms with van der Waals surface area (Å²) in [4.78, 5) is 37.9. The van der Waals surface area contributed by atoms with Crippen LogP contribution < -0.4 is 9.64 Å². The number of esters is 1. The molecule has 13 heteroatoms. The smallest absolute Gasteiger partial charge is 0.424 e. The molecule has 0 aliphatic carbocycles. The number of rotatable bonds is 6. The predicted octanol–water partition coefficient (Wildman–Crippen LogP) is 3.83. The molecule has 4 aromatic rings. The van der Waals surface area contributed by atoms with Gasteiger partial charge in [0.1, 0.15) is 5.52 Å². The topological polar surface area (TPSA) is 93.5 Å². The quantitative estimate of drug-likeness (QED) is 0.267. The van der Waals surface area contributed by atoms with Gasteiger partial charge in [-0.3, -0.25) is 19.5 Å². The van der Waals surface area contributed by atoms with Crippen LogP contribution in [-0.2, 0) is 17.4 Å². The van der Waals surface area contributed by atoms with Gasteiger partial charge in [-0.15, -0.1) is 11.3 Å². The standard InChI is InChI=1S/C25H23F3N6O3S/c1-16-12-20(25(26,27)28)31-34(16)21(35)14-32-8-10-33(11-9-32)24-30-18(15-38-24)13-22(36)37-19-6-2-4-17-5-3-7-29-23(17)19/h2-7,12,15H,8-11,13-14H2,1H3. The summed E-state index contributed by atoms with van der Waals surface area (Å²) in [5, 5.41) is 6.87. The molecular formula is C25H23F3N6O3S. The number of aryl methyl sites for hydroxylation is 1. The zero-order valence-electron chi connectivity index (χ0n) is 20.3. The Bertz CT molecular complexity index is 1470. The minimum atomic E-state index is -4.60. The van der Waals surface area contributed by atoms with Gasteiger partial charge in [0.25, 0.3) is 5.91 Å². The number of carbonyl (C=O) groups is 2. The number of aromatic nitrogens is 4. The summed E-state index contributed by atoms with van der Waals surface area (Å²) in [5.74, 6) is -0.553. The molecule has 0 N–H and O–H groups in total. The number of carbonyl (C=O) groups excluding carboxylic acids is 2. The second kappa shape index (κ2) is 10.5. The van der Waals surface area contributed by atoms with Crippen LogP contribution in [0.3, 0.4) is 0 Å². The highest BCUT2D eigenvalue weighted by atomic mass is 32.1. The van der Waals surface area contributed by atoms with Gasteiger partial charge in [0.15, 0.2) is 16.6 Å². The van der Waals surface area contributed by atoms with Crippen LogP contribution in [0.5, 0.6) is 5.75 Å². The first-order valence-corrected chi connectivity index (χ1v) is 12.7. The van der Waals surface area contributed by atoms with E-state index in [1.54, 1.807) is 18.3 Å². The Kier molecular flexibility index (Phi) is 7.13. The summed E-state index contributed by atoms with van der Waals surface area (Å²) in [6.45, 7) is 3.61. The maximum absolute atomic E-state index is 12.9. The fourth-order valence-electron chi connectivity index (χ4n) is 4.21. The Labute approximate surface area is 219 Å². The van der Waals surface area contributed by atoms with Crippen LogP contribution in [0.25, 0.3) is 10.9 Å². The molecule has 4 heterocycles. The Morgan fingerprint density at radius 1 is 1.11 bits per heavy atom. The highest BCUT2D eigenvalue weighted by molar-refractivity contribution is 7.13. The predicted molar refractivity (Wildman–Crippen MR) is 134 cm³/mol. The molecule has 0 radical (unpaired) electrons. The molecule has 0 saturated carbocycles. The number of benzene rings is 1. The Balaban J connectivity index is 1.13. The second-order valence-corrected chi connectivity index (χ2v) is 9.68. The molecule has 1 fully saturated rings. The molecule has 0 unspecified atom stereocenters. The lowest BCUT2D eigenvalue weighted by molar-refractivity contribution is -0.141. The number of halogens is 3. The molecule has 38 heavy (non-hydrogen) atoms. The minimum Gasteiger partial charge on any atom is -0.424 e. The van der Waals surface area contributed by atoms with E-state index in [9.17, 15) is 22.8 Å². The molecule has 198 valence electrons. The summed E-state index contributed by atoms with van der Waals surface area (Å²) in [6, 6.07) is 9.97. The largest absolute Gasteiger partial charge is 0.435 e. The number of anilines is 1. The number of alkyl halides is 3. The third kappa shape index (κ3) is 5.68. The lowest BCUT2D eigenvalue weighted by Gasteiger charge is -2.34. The molecule has 1 aliphatic rings. The molecule has 1 aromatic carbocycles. The third-order valence-corrected chi connectivity index (χ3v) is 7.05. The maximum atomic E-state index is 12.9. The van der Waals surface area contributed by atoms with Crippen molar-refractivity contribution in [3.63, 3.8) is 0 Å². The van der Waals surface area contributed by atoms with E-state index in [1.165, 1.54) is 18.3 Å². The SMILES string of the molecule is Cc1cc(C(F)(F)F)nn1C(=O)CN1CCN(c2nc(CC(=O)Oc3cccc4cccnc34)cs2)CC1. The lowest BCUT2D eigenvalue weighted by Crippen LogP contribution is -2.48. The highest BCUT2D eigenvalue weighted by Gasteiger charge is 2.35. The Morgan fingerprint density at radius 2 is 1.87 bits per heavy atom. The van der Waals surface area contributed by atoms with Crippen LogP contribution in [-0.4, -0.2) is 69.2 Å². The van der Waals surface area contributed by atoms with Crippen molar-refractivity contribution < 1.29 is 27.5 Å². The first-order chi connectivity index (χ1) is 18.2. The number of fused-ring (bicyclic) bond motifs is 1. The summed E-state index contributed by atoms with van der Waals surface area (Å²) in [5.41, 5.74) is 0.273. The minimum absolute atomic E-state index is 0.0112. The van der Waals surface area contributed by atoms with E-state index in [1.807, 2.05) is 28.5 Å². The number of para-hydroxylation sites is 1. The van der Waals surface area contributed by atoms with E-state index < -0.39 is 23.7 Å². The van der Waals surface area contributed by atoms with Crippen LogP contribution in [0.2, 0.25) is 0 Å². The van der Waals surface area contributed by atoms with E-state index in [4.69, 9.17) is 4.74 Å². The van der Waals surface area contributed by atoms with Crippen molar-refractivity contribution in [3.05, 3.63) is 65.1 Å². The fraction of sp³-hybridized carbons (Fsp3) is 0.320. The van der Waals surface area contributed by atoms with E-state index >= 15 is 0 Å². The Hall–Kier alpha value is -3.84. The van der Waals surface area contributed by atoms with Gasteiger partial charge in [0, 0.05) is 48.8 Å². The second-order valence-electron chi connectivity index (χ2n) is 8.84. The molecule has 0 spiro atoms. The normalized spacial score (nSPS) is 14.7. The molecule has 3 aromatic heterocycles. The molecule has 0 atom stereocenters. The molecule has 5 rings (SSSR count). The summed E-state index contributed by atoms with van der Waals surface area (Å²) >= 11 is 1.41. The lowest BCUT2D eigenvalue weighted by atomic mass is 10.2. The zero-order chi connectivity index (χ0) is 26.9. The van der Waals surface area contributed by atoms with Crippen molar-refractivity contribution >= 4 is 39.2 Å². The van der Waals surface area contributed by atoms with Gasteiger partial charge in [-0.05, 0) is 25.1 Å². The number of hydrogen-bond acceptors (Lipinski definition) is 9. The summed E-state index contributed by atoms with van der Waals surface area (Å²) < 4.78 is 45.1. The summed E-state index contributed by atoms with van der Waals surface area (Å²) in [6.07, 6.45) is -2.94. The number of pyridine rings is 1. The van der Waals surface area contributed by atoms with Crippen LogP contribution in [0.4, 0.5) is 18.3 Å². The number of nitrogens with zero attached hydrogens (tertiary/aromatic N) is 6. The van der Waals surface area contributed by atoms with Gasteiger partial charge in [0.2, 0.25) is 0 Å². The van der Waals surface area contributed by atoms with Gasteiger partial charge in [-0.25, -0.2) is 9.67 Å². The van der Waals surface area contributed by atoms with Crippen LogP contribution in [0, 0.1) is 6.92 Å². The fourth-order valence-corrected chi connectivity index (χ4v) is 5.09. The van der Waals surface area contributed by atoms with E-state index in [2.05, 4.69) is 20.0 Å². The van der Waals surface area contributed by atoms with Gasteiger partial charge in [-0.1, -0.05) is 18.2 Å². The maximum Gasteiger partial charge on any atom is 0.435 e. The van der Waals surface area contributed by atoms with Crippen molar-refractivity contribution in [3.8, 4) is 5.75 Å². The average Bonchev–Trinajstić information content (AvgIpc) is 3.51. The summed E-state index contributed by atoms with van der Waals surface area (Å²) in [7, 11) is 0. The van der Waals surface area contributed by atoms with Crippen molar-refractivity contribution in [1.29, 1.82) is 0 Å². The average molecular weight is 545 g/mol. The Morgan fingerprint density at radius 3 is 2.61 bits per heavy atom. The number of piperazine rings is 1. The van der Waals surface area contributed by atoms with E-state index in [0.717, 1.165) is 21.3 Å². The number of ether oxygens (including phenoxy) is 1. The molecular weight excluding hydrogens is 521 g/mol. The van der Waals surface area contributed by atoms with Crippen molar-refractivity contribution in [1.82, 2.24) is 24.6 Å². The molecule has 0 amide bonds. The van der Waals surface area contributed by atoms with Gasteiger partial charge >= 0.3 is 12.1 Å². The molecule has 0 bridgehead atoms.